The van der Waals surface area contributed by atoms with E-state index in [1.807, 2.05) is 0 Å². The molecular weight excluding hydrogens is 163 g/mol. The minimum absolute atomic E-state index is 1.20. The van der Waals surface area contributed by atoms with E-state index >= 15 is 0 Å². The van der Waals surface area contributed by atoms with E-state index in [4.69, 9.17) is 0 Å². The Labute approximate surface area is 77.6 Å². The largest absolute Gasteiger partial charge is 0.138 e. The van der Waals surface area contributed by atoms with Crippen LogP contribution in [0, 0.1) is 13.8 Å². The van der Waals surface area contributed by atoms with Gasteiger partial charge in [0.2, 0.25) is 0 Å². The van der Waals surface area contributed by atoms with Crippen molar-refractivity contribution >= 4 is 9.24 Å². The van der Waals surface area contributed by atoms with Crippen LogP contribution in [0.4, 0.5) is 0 Å². The Balaban J connectivity index is 2.72. The van der Waals surface area contributed by atoms with Gasteiger partial charge in [-0.3, -0.25) is 0 Å². The zero-order chi connectivity index (χ0) is 8.97. The molecule has 0 amide bonds. The number of rotatable bonds is 3. The van der Waals surface area contributed by atoms with E-state index in [-0.39, 0.29) is 0 Å². The van der Waals surface area contributed by atoms with Gasteiger partial charge in [0.25, 0.3) is 0 Å². The second-order valence-electron chi connectivity index (χ2n) is 3.39. The normalized spacial score (nSPS) is 10.2. The van der Waals surface area contributed by atoms with E-state index in [1.165, 1.54) is 35.7 Å². The molecule has 0 aliphatic heterocycles. The van der Waals surface area contributed by atoms with Crippen molar-refractivity contribution in [2.24, 2.45) is 0 Å². The van der Waals surface area contributed by atoms with Crippen molar-refractivity contribution in [3.63, 3.8) is 0 Å². The Morgan fingerprint density at radius 1 is 1.08 bits per heavy atom. The van der Waals surface area contributed by atoms with Crippen molar-refractivity contribution in [2.45, 2.75) is 26.7 Å². The van der Waals surface area contributed by atoms with Gasteiger partial charge in [0.05, 0.1) is 0 Å². The second-order valence-corrected chi connectivity index (χ2v) is 3.97. The molecule has 0 saturated carbocycles. The Kier molecular flexibility index (Phi) is 3.75. The summed E-state index contributed by atoms with van der Waals surface area (Å²) >= 11 is 0. The summed E-state index contributed by atoms with van der Waals surface area (Å²) in [4.78, 5) is 0. The molecule has 1 heteroatoms. The maximum atomic E-state index is 2.77. The zero-order valence-corrected chi connectivity index (χ0v) is 9.09. The summed E-state index contributed by atoms with van der Waals surface area (Å²) in [6.07, 6.45) is 3.69. The van der Waals surface area contributed by atoms with E-state index in [2.05, 4.69) is 41.3 Å². The average Bonchev–Trinajstić information content (AvgIpc) is 1.99. The summed E-state index contributed by atoms with van der Waals surface area (Å²) in [5.41, 5.74) is 4.25. The lowest BCUT2D eigenvalue weighted by atomic mass is 10.0. The standard InChI is InChI=1S/C11H17P/c1-9-6-10(2)8-11(7-9)4-3-5-12/h6-8H,3-5,12H2,1-2H3. The number of benzene rings is 1. The molecule has 0 radical (unpaired) electrons. The van der Waals surface area contributed by atoms with Gasteiger partial charge in [-0.15, -0.1) is 9.24 Å². The molecule has 66 valence electrons. The van der Waals surface area contributed by atoms with Crippen LogP contribution in [0.1, 0.15) is 23.1 Å². The third-order valence-electron chi connectivity index (χ3n) is 1.95. The Bertz CT molecular complexity index is 233. The minimum atomic E-state index is 1.20. The van der Waals surface area contributed by atoms with Crippen LogP contribution in [0.2, 0.25) is 0 Å². The van der Waals surface area contributed by atoms with E-state index in [0.29, 0.717) is 0 Å². The SMILES string of the molecule is Cc1cc(C)cc(CCCP)c1. The first-order valence-corrected chi connectivity index (χ1v) is 5.31. The molecule has 1 aromatic carbocycles. The highest BCUT2D eigenvalue weighted by Crippen LogP contribution is 2.11. The molecule has 0 aliphatic carbocycles. The van der Waals surface area contributed by atoms with Gasteiger partial charge in [0, 0.05) is 0 Å². The van der Waals surface area contributed by atoms with E-state index in [9.17, 15) is 0 Å². The summed E-state index contributed by atoms with van der Waals surface area (Å²) in [5, 5.41) is 0. The lowest BCUT2D eigenvalue weighted by Gasteiger charge is -2.03. The highest BCUT2D eigenvalue weighted by molar-refractivity contribution is 7.16. The fraction of sp³-hybridized carbons (Fsp3) is 0.455. The molecule has 0 heterocycles. The van der Waals surface area contributed by atoms with Gasteiger partial charge >= 0.3 is 0 Å². The molecule has 0 fully saturated rings. The van der Waals surface area contributed by atoms with Crippen LogP contribution in [0.5, 0.6) is 0 Å². The monoisotopic (exact) mass is 180 g/mol. The van der Waals surface area contributed by atoms with Gasteiger partial charge < -0.3 is 0 Å². The van der Waals surface area contributed by atoms with Gasteiger partial charge in [0.15, 0.2) is 0 Å². The van der Waals surface area contributed by atoms with E-state index < -0.39 is 0 Å². The quantitative estimate of drug-likeness (QED) is 0.627. The Hall–Kier alpha value is -0.350. The van der Waals surface area contributed by atoms with Crippen LogP contribution in [0.25, 0.3) is 0 Å². The molecule has 0 nitrogen and oxygen atoms in total. The molecule has 1 unspecified atom stereocenters. The van der Waals surface area contributed by atoms with Gasteiger partial charge in [-0.25, -0.2) is 0 Å². The molecule has 1 atom stereocenters. The van der Waals surface area contributed by atoms with Gasteiger partial charge in [0.1, 0.15) is 0 Å². The van der Waals surface area contributed by atoms with E-state index in [1.54, 1.807) is 0 Å². The smallest absolute Gasteiger partial charge is 0.0275 e. The van der Waals surface area contributed by atoms with Crippen LogP contribution in [-0.4, -0.2) is 6.16 Å². The van der Waals surface area contributed by atoms with Crippen LogP contribution in [-0.2, 0) is 6.42 Å². The summed E-state index contributed by atoms with van der Waals surface area (Å²) in [6.45, 7) is 4.33. The van der Waals surface area contributed by atoms with Crippen molar-refractivity contribution in [3.05, 3.63) is 34.9 Å². The van der Waals surface area contributed by atoms with Gasteiger partial charge in [-0.1, -0.05) is 29.3 Å². The molecule has 1 rings (SSSR count). The van der Waals surface area contributed by atoms with Crippen molar-refractivity contribution in [1.82, 2.24) is 0 Å². The fourth-order valence-corrected chi connectivity index (χ4v) is 1.72. The molecule has 0 bridgehead atoms. The van der Waals surface area contributed by atoms with Crippen LogP contribution in [0.3, 0.4) is 0 Å². The highest BCUT2D eigenvalue weighted by Gasteiger charge is 1.94. The van der Waals surface area contributed by atoms with Crippen molar-refractivity contribution < 1.29 is 0 Å². The summed E-state index contributed by atoms with van der Waals surface area (Å²) in [5.74, 6) is 0. The molecule has 12 heavy (non-hydrogen) atoms. The third-order valence-corrected chi connectivity index (χ3v) is 2.36. The van der Waals surface area contributed by atoms with Crippen molar-refractivity contribution in [1.29, 1.82) is 0 Å². The molecule has 0 saturated heterocycles. The van der Waals surface area contributed by atoms with E-state index in [0.717, 1.165) is 0 Å². The molecule has 0 aliphatic rings. The first-order valence-electron chi connectivity index (χ1n) is 4.49. The predicted octanol–water partition coefficient (Wildman–Crippen LogP) is 3.11. The lowest BCUT2D eigenvalue weighted by Crippen LogP contribution is -1.88. The number of aryl methyl sites for hydroxylation is 3. The highest BCUT2D eigenvalue weighted by atomic mass is 31.0. The van der Waals surface area contributed by atoms with Crippen LogP contribution >= 0.6 is 9.24 Å². The summed E-state index contributed by atoms with van der Waals surface area (Å²) in [7, 11) is 2.77. The first kappa shape index (κ1) is 9.74. The Morgan fingerprint density at radius 2 is 1.67 bits per heavy atom. The maximum Gasteiger partial charge on any atom is -0.0275 e. The number of hydrogen-bond acceptors (Lipinski definition) is 0. The third kappa shape index (κ3) is 2.95. The van der Waals surface area contributed by atoms with Crippen LogP contribution < -0.4 is 0 Å². The average molecular weight is 180 g/mol. The second kappa shape index (κ2) is 4.62. The topological polar surface area (TPSA) is 0 Å². The molecule has 0 aromatic heterocycles. The van der Waals surface area contributed by atoms with Gasteiger partial charge in [-0.05, 0) is 38.4 Å². The number of hydrogen-bond donors (Lipinski definition) is 0. The summed E-state index contributed by atoms with van der Waals surface area (Å²) < 4.78 is 0. The fourth-order valence-electron chi connectivity index (χ4n) is 1.52. The minimum Gasteiger partial charge on any atom is -0.138 e. The Morgan fingerprint density at radius 3 is 2.17 bits per heavy atom. The first-order chi connectivity index (χ1) is 5.72. The van der Waals surface area contributed by atoms with Gasteiger partial charge in [-0.2, -0.15) is 0 Å². The molecular formula is C11H17P. The molecule has 1 aromatic rings. The van der Waals surface area contributed by atoms with Crippen molar-refractivity contribution in [2.75, 3.05) is 6.16 Å². The van der Waals surface area contributed by atoms with Crippen LogP contribution in [0.15, 0.2) is 18.2 Å². The molecule has 0 spiro atoms. The maximum absolute atomic E-state index is 2.77. The lowest BCUT2D eigenvalue weighted by molar-refractivity contribution is 0.930. The summed E-state index contributed by atoms with van der Waals surface area (Å²) in [6, 6.07) is 6.80. The predicted molar refractivity (Wildman–Crippen MR) is 58.8 cm³/mol. The zero-order valence-electron chi connectivity index (χ0n) is 7.93. The molecule has 0 N–H and O–H groups in total. The van der Waals surface area contributed by atoms with Crippen molar-refractivity contribution in [3.8, 4) is 0 Å².